The van der Waals surface area contributed by atoms with E-state index >= 15 is 0 Å². The number of rotatable bonds is 12. The molecular formula is C32H35Cl2N7O4S. The standard InChI is InChI=1S/C16H17ClN4O2.C16H18ClN3O2S/c1-23-16(22)13-12(17)15(21-14(20-13)10-5-6-10)19-9-7-11-4-2-3-8-18-11;1-9-7-11(23-8-9)5-6-18-15-12(17)13(16(21)22-2)19-14(20-15)10-3-4-10/h2-4,8,10H,5-7,9H2,1H3,(H,19,20,21);7-8,10H,3-6H2,1-2H3,(H,18,19,20). The number of halogens is 2. The molecule has 0 amide bonds. The molecule has 4 aromatic heterocycles. The van der Waals surface area contributed by atoms with Crippen molar-refractivity contribution in [3.63, 3.8) is 0 Å². The average Bonchev–Trinajstić information content (AvgIpc) is 4.01. The second-order valence-corrected chi connectivity index (χ2v) is 12.7. The van der Waals surface area contributed by atoms with Gasteiger partial charge in [0, 0.05) is 48.1 Å². The van der Waals surface area contributed by atoms with E-state index < -0.39 is 11.9 Å². The lowest BCUT2D eigenvalue weighted by atomic mass is 10.2. The Morgan fingerprint density at radius 2 is 1.39 bits per heavy atom. The van der Waals surface area contributed by atoms with Gasteiger partial charge in [-0.15, -0.1) is 11.3 Å². The maximum absolute atomic E-state index is 11.9. The summed E-state index contributed by atoms with van der Waals surface area (Å²) in [5.74, 6) is 1.86. The van der Waals surface area contributed by atoms with Gasteiger partial charge in [-0.1, -0.05) is 29.3 Å². The first kappa shape index (κ1) is 33.5. The molecule has 46 heavy (non-hydrogen) atoms. The van der Waals surface area contributed by atoms with Gasteiger partial charge in [0.1, 0.15) is 33.3 Å². The lowest BCUT2D eigenvalue weighted by Gasteiger charge is -2.11. The van der Waals surface area contributed by atoms with E-state index in [9.17, 15) is 9.59 Å². The zero-order valence-corrected chi connectivity index (χ0v) is 28.1. The lowest BCUT2D eigenvalue weighted by Crippen LogP contribution is -2.14. The van der Waals surface area contributed by atoms with E-state index in [-0.39, 0.29) is 21.4 Å². The molecule has 0 radical (unpaired) electrons. The van der Waals surface area contributed by atoms with E-state index in [0.717, 1.165) is 44.2 Å². The van der Waals surface area contributed by atoms with Crippen LogP contribution in [0.5, 0.6) is 0 Å². The number of hydrogen-bond donors (Lipinski definition) is 2. The molecule has 2 fully saturated rings. The van der Waals surface area contributed by atoms with E-state index in [2.05, 4.69) is 53.9 Å². The fraction of sp³-hybridized carbons (Fsp3) is 0.406. The van der Waals surface area contributed by atoms with Crippen LogP contribution in [-0.2, 0) is 22.3 Å². The minimum absolute atomic E-state index is 0.117. The van der Waals surface area contributed by atoms with Crippen LogP contribution >= 0.6 is 34.5 Å². The highest BCUT2D eigenvalue weighted by Gasteiger charge is 2.31. The van der Waals surface area contributed by atoms with Gasteiger partial charge >= 0.3 is 11.9 Å². The molecule has 2 aliphatic carbocycles. The molecule has 11 nitrogen and oxygen atoms in total. The zero-order chi connectivity index (χ0) is 32.6. The van der Waals surface area contributed by atoms with Gasteiger partial charge in [0.05, 0.1) is 14.2 Å². The number of carbonyl (C=O) groups is 2. The van der Waals surface area contributed by atoms with Crippen molar-refractivity contribution in [3.05, 3.63) is 85.1 Å². The normalized spacial score (nSPS) is 13.8. The van der Waals surface area contributed by atoms with Crippen LogP contribution in [0, 0.1) is 6.92 Å². The fourth-order valence-electron chi connectivity index (χ4n) is 4.46. The number of pyridine rings is 1. The fourth-order valence-corrected chi connectivity index (χ4v) is 5.79. The summed E-state index contributed by atoms with van der Waals surface area (Å²) in [6, 6.07) is 7.95. The number of nitrogens with one attached hydrogen (secondary N) is 2. The van der Waals surface area contributed by atoms with E-state index in [0.29, 0.717) is 48.2 Å². The SMILES string of the molecule is COC(=O)c1nc(C2CC2)nc(NCCc2cc(C)cs2)c1Cl.COC(=O)c1nc(C2CC2)nc(NCCc2ccccn2)c1Cl. The highest BCUT2D eigenvalue weighted by Crippen LogP contribution is 2.40. The van der Waals surface area contributed by atoms with E-state index in [4.69, 9.17) is 32.7 Å². The Labute approximate surface area is 281 Å². The Hall–Kier alpha value is -3.87. The van der Waals surface area contributed by atoms with Crippen LogP contribution in [0.1, 0.15) is 86.3 Å². The van der Waals surface area contributed by atoms with Gasteiger partial charge in [-0.25, -0.2) is 29.5 Å². The van der Waals surface area contributed by atoms with Gasteiger partial charge in [0.15, 0.2) is 11.4 Å². The first-order valence-electron chi connectivity index (χ1n) is 15.0. The van der Waals surface area contributed by atoms with Gasteiger partial charge in [-0.3, -0.25) is 4.98 Å². The molecule has 0 bridgehead atoms. The third kappa shape index (κ3) is 8.89. The number of esters is 2. The molecule has 0 atom stereocenters. The lowest BCUT2D eigenvalue weighted by molar-refractivity contribution is 0.0585. The second-order valence-electron chi connectivity index (χ2n) is 11.0. The Bertz CT molecular complexity index is 1680. The van der Waals surface area contributed by atoms with Crippen molar-refractivity contribution >= 4 is 58.1 Å². The Balaban J connectivity index is 0.000000181. The molecule has 0 aromatic carbocycles. The predicted octanol–water partition coefficient (Wildman–Crippen LogP) is 6.66. The van der Waals surface area contributed by atoms with Gasteiger partial charge in [0.25, 0.3) is 0 Å². The predicted molar refractivity (Wildman–Crippen MR) is 178 cm³/mol. The van der Waals surface area contributed by atoms with Gasteiger partial charge in [-0.05, 0) is 68.2 Å². The van der Waals surface area contributed by atoms with Gasteiger partial charge < -0.3 is 20.1 Å². The molecule has 14 heteroatoms. The molecule has 2 aliphatic rings. The largest absolute Gasteiger partial charge is 0.464 e. The highest BCUT2D eigenvalue weighted by atomic mass is 35.5. The number of nitrogens with zero attached hydrogens (tertiary/aromatic N) is 5. The summed E-state index contributed by atoms with van der Waals surface area (Å²) < 4.78 is 9.51. The summed E-state index contributed by atoms with van der Waals surface area (Å²) >= 11 is 14.3. The molecule has 4 aromatic rings. The van der Waals surface area contributed by atoms with E-state index in [1.54, 1.807) is 17.5 Å². The number of hydrogen-bond acceptors (Lipinski definition) is 12. The minimum Gasteiger partial charge on any atom is -0.464 e. The number of anilines is 2. The van der Waals surface area contributed by atoms with E-state index in [1.807, 2.05) is 18.2 Å². The molecule has 242 valence electrons. The summed E-state index contributed by atoms with van der Waals surface area (Å²) in [5.41, 5.74) is 2.50. The highest BCUT2D eigenvalue weighted by molar-refractivity contribution is 7.10. The van der Waals surface area contributed by atoms with Crippen LogP contribution in [0.25, 0.3) is 0 Å². The quantitative estimate of drug-likeness (QED) is 0.155. The van der Waals surface area contributed by atoms with Gasteiger partial charge in [0.2, 0.25) is 0 Å². The third-order valence-electron chi connectivity index (χ3n) is 7.23. The summed E-state index contributed by atoms with van der Waals surface area (Å²) in [5, 5.41) is 8.96. The molecule has 4 heterocycles. The van der Waals surface area contributed by atoms with Crippen LogP contribution in [0.15, 0.2) is 35.8 Å². The van der Waals surface area contributed by atoms with Crippen molar-refractivity contribution in [2.24, 2.45) is 0 Å². The molecule has 2 saturated carbocycles. The van der Waals surface area contributed by atoms with Crippen LogP contribution in [-0.4, -0.2) is 64.2 Å². The Morgan fingerprint density at radius 3 is 1.83 bits per heavy atom. The van der Waals surface area contributed by atoms with Crippen molar-refractivity contribution in [2.75, 3.05) is 37.9 Å². The first-order chi connectivity index (χ1) is 22.3. The van der Waals surface area contributed by atoms with E-state index in [1.165, 1.54) is 24.7 Å². The Kier molecular flexibility index (Phi) is 11.4. The molecular weight excluding hydrogens is 649 g/mol. The molecule has 0 aliphatic heterocycles. The average molecular weight is 685 g/mol. The van der Waals surface area contributed by atoms with Crippen LogP contribution < -0.4 is 10.6 Å². The molecule has 6 rings (SSSR count). The third-order valence-corrected chi connectivity index (χ3v) is 9.06. The van der Waals surface area contributed by atoms with Crippen molar-refractivity contribution in [2.45, 2.75) is 57.3 Å². The van der Waals surface area contributed by atoms with Crippen molar-refractivity contribution in [3.8, 4) is 0 Å². The number of ether oxygens (including phenoxy) is 2. The van der Waals surface area contributed by atoms with Crippen molar-refractivity contribution in [1.29, 1.82) is 0 Å². The number of aromatic nitrogens is 5. The topological polar surface area (TPSA) is 141 Å². The number of thiophene rings is 1. The Morgan fingerprint density at radius 1 is 0.848 bits per heavy atom. The van der Waals surface area contributed by atoms with Crippen LogP contribution in [0.3, 0.4) is 0 Å². The zero-order valence-electron chi connectivity index (χ0n) is 25.8. The molecule has 0 spiro atoms. The summed E-state index contributed by atoms with van der Waals surface area (Å²) in [4.78, 5) is 46.8. The molecule has 0 saturated heterocycles. The maximum Gasteiger partial charge on any atom is 0.358 e. The summed E-state index contributed by atoms with van der Waals surface area (Å²) in [7, 11) is 2.63. The number of aryl methyl sites for hydroxylation is 1. The second kappa shape index (κ2) is 15.6. The summed E-state index contributed by atoms with van der Waals surface area (Å²) in [6.07, 6.45) is 7.55. The maximum atomic E-state index is 11.9. The number of carbonyl (C=O) groups excluding carboxylic acids is 2. The smallest absolute Gasteiger partial charge is 0.358 e. The summed E-state index contributed by atoms with van der Waals surface area (Å²) in [6.45, 7) is 3.39. The minimum atomic E-state index is -0.549. The van der Waals surface area contributed by atoms with Crippen LogP contribution in [0.4, 0.5) is 11.6 Å². The molecule has 2 N–H and O–H groups in total. The monoisotopic (exact) mass is 683 g/mol. The van der Waals surface area contributed by atoms with Crippen molar-refractivity contribution < 1.29 is 19.1 Å². The van der Waals surface area contributed by atoms with Gasteiger partial charge in [-0.2, -0.15) is 0 Å². The number of methoxy groups -OCH3 is 2. The van der Waals surface area contributed by atoms with Crippen LogP contribution in [0.2, 0.25) is 10.0 Å². The first-order valence-corrected chi connectivity index (χ1v) is 16.6. The van der Waals surface area contributed by atoms with Crippen molar-refractivity contribution in [1.82, 2.24) is 24.9 Å². The molecule has 0 unspecified atom stereocenters.